The maximum Gasteiger partial charge on any atom is 0.0546 e. The number of nitrogens with zero attached hydrogens (tertiary/aromatic N) is 2. The summed E-state index contributed by atoms with van der Waals surface area (Å²) in [5.41, 5.74) is 12.4. The number of para-hydroxylation sites is 2. The monoisotopic (exact) mass is 662 g/mol. The number of hydrogen-bond acceptors (Lipinski definition) is 2. The molecule has 0 saturated carbocycles. The van der Waals surface area contributed by atoms with Crippen molar-refractivity contribution in [1.82, 2.24) is 0 Å². The molecule has 0 fully saturated rings. The maximum atomic E-state index is 2.45. The van der Waals surface area contributed by atoms with E-state index in [0.29, 0.717) is 11.8 Å². The molecule has 7 aromatic carbocycles. The van der Waals surface area contributed by atoms with Crippen LogP contribution in [0.15, 0.2) is 222 Å². The number of hydrogen-bond donors (Lipinski definition) is 0. The fourth-order valence-corrected chi connectivity index (χ4v) is 9.09. The molecular weight excluding hydrogens is 629 g/mol. The lowest BCUT2D eigenvalue weighted by Crippen LogP contribution is -2.34. The van der Waals surface area contributed by atoms with Gasteiger partial charge in [0, 0.05) is 40.0 Å². The van der Waals surface area contributed by atoms with Gasteiger partial charge >= 0.3 is 0 Å². The van der Waals surface area contributed by atoms with Crippen LogP contribution in [0.2, 0.25) is 0 Å². The Labute approximate surface area is 303 Å². The van der Waals surface area contributed by atoms with E-state index >= 15 is 0 Å². The Morgan fingerprint density at radius 2 is 0.981 bits per heavy atom. The summed E-state index contributed by atoms with van der Waals surface area (Å²) in [6.45, 7) is 0. The van der Waals surface area contributed by atoms with Crippen LogP contribution in [0.1, 0.15) is 0 Å². The summed E-state index contributed by atoms with van der Waals surface area (Å²) in [5, 5.41) is 7.70. The van der Waals surface area contributed by atoms with Crippen molar-refractivity contribution in [3.8, 4) is 0 Å². The number of anilines is 5. The lowest BCUT2D eigenvalue weighted by molar-refractivity contribution is 0.553. The van der Waals surface area contributed by atoms with Crippen molar-refractivity contribution in [2.75, 3.05) is 9.80 Å². The molecule has 0 bridgehead atoms. The second kappa shape index (κ2) is 11.4. The SMILES string of the molecule is C1=CC2=CC=C3C=CC=C4C(N(c5ccccc5)c5ccc(N(c6ccccc6)c6cc7cccc8ccc9cccc6c9c87)cc5)=CC(=C1)C2C34. The van der Waals surface area contributed by atoms with E-state index in [1.165, 1.54) is 66.0 Å². The molecule has 52 heavy (non-hydrogen) atoms. The summed E-state index contributed by atoms with van der Waals surface area (Å²) in [7, 11) is 0. The van der Waals surface area contributed by atoms with E-state index in [1.807, 2.05) is 0 Å². The van der Waals surface area contributed by atoms with Crippen LogP contribution in [0.5, 0.6) is 0 Å². The van der Waals surface area contributed by atoms with Gasteiger partial charge in [-0.2, -0.15) is 0 Å². The molecule has 2 unspecified atom stereocenters. The zero-order chi connectivity index (χ0) is 34.2. The average molecular weight is 663 g/mol. The van der Waals surface area contributed by atoms with Gasteiger partial charge in [-0.25, -0.2) is 0 Å². The minimum atomic E-state index is 0.300. The third kappa shape index (κ3) is 4.37. The van der Waals surface area contributed by atoms with Crippen LogP contribution in [-0.4, -0.2) is 0 Å². The van der Waals surface area contributed by atoms with Crippen molar-refractivity contribution in [2.24, 2.45) is 11.8 Å². The molecule has 0 aromatic heterocycles. The molecule has 7 aromatic rings. The first kappa shape index (κ1) is 29.1. The van der Waals surface area contributed by atoms with Gasteiger partial charge in [0.05, 0.1) is 11.4 Å². The quantitative estimate of drug-likeness (QED) is 0.164. The van der Waals surface area contributed by atoms with Crippen molar-refractivity contribution in [2.45, 2.75) is 0 Å². The molecule has 0 heterocycles. The predicted octanol–water partition coefficient (Wildman–Crippen LogP) is 13.2. The Bertz CT molecular complexity index is 2770. The molecule has 2 heteroatoms. The Balaban J connectivity index is 1.09. The van der Waals surface area contributed by atoms with Crippen molar-refractivity contribution in [3.05, 3.63) is 222 Å². The summed E-state index contributed by atoms with van der Waals surface area (Å²) in [6, 6.07) is 51.0. The molecular formula is C50H34N2. The van der Waals surface area contributed by atoms with Crippen molar-refractivity contribution in [1.29, 1.82) is 0 Å². The van der Waals surface area contributed by atoms with Gasteiger partial charge in [0.2, 0.25) is 0 Å². The third-order valence-electron chi connectivity index (χ3n) is 11.3. The summed E-state index contributed by atoms with van der Waals surface area (Å²) < 4.78 is 0. The van der Waals surface area contributed by atoms with E-state index in [1.54, 1.807) is 0 Å². The van der Waals surface area contributed by atoms with Crippen LogP contribution in [-0.2, 0) is 0 Å². The van der Waals surface area contributed by atoms with E-state index in [0.717, 1.165) is 22.7 Å². The van der Waals surface area contributed by atoms with Gasteiger partial charge in [-0.3, -0.25) is 0 Å². The normalized spacial score (nSPS) is 18.4. The summed E-state index contributed by atoms with van der Waals surface area (Å²) in [6.07, 6.45) is 20.7. The fourth-order valence-electron chi connectivity index (χ4n) is 9.09. The van der Waals surface area contributed by atoms with Gasteiger partial charge < -0.3 is 9.80 Å². The van der Waals surface area contributed by atoms with Crippen LogP contribution in [0.4, 0.5) is 28.4 Å². The minimum Gasteiger partial charge on any atom is -0.310 e. The van der Waals surface area contributed by atoms with E-state index in [-0.39, 0.29) is 0 Å². The lowest BCUT2D eigenvalue weighted by Gasteiger charge is -2.44. The molecule has 0 aliphatic heterocycles. The highest BCUT2D eigenvalue weighted by Gasteiger charge is 2.41. The molecule has 0 N–H and O–H groups in total. The Morgan fingerprint density at radius 3 is 1.71 bits per heavy atom. The third-order valence-corrected chi connectivity index (χ3v) is 11.3. The molecule has 244 valence electrons. The van der Waals surface area contributed by atoms with Crippen LogP contribution < -0.4 is 9.80 Å². The smallest absolute Gasteiger partial charge is 0.0546 e. The number of benzene rings is 7. The molecule has 2 atom stereocenters. The lowest BCUT2D eigenvalue weighted by atomic mass is 9.63. The highest BCUT2D eigenvalue weighted by atomic mass is 15.2. The zero-order valence-electron chi connectivity index (χ0n) is 28.5. The molecule has 4 aliphatic rings. The largest absolute Gasteiger partial charge is 0.310 e. The Hall–Kier alpha value is -6.64. The van der Waals surface area contributed by atoms with Gasteiger partial charge in [-0.15, -0.1) is 0 Å². The van der Waals surface area contributed by atoms with Gasteiger partial charge in [0.25, 0.3) is 0 Å². The van der Waals surface area contributed by atoms with E-state index < -0.39 is 0 Å². The first-order chi connectivity index (χ1) is 25.8. The fraction of sp³-hybridized carbons (Fsp3) is 0.0400. The van der Waals surface area contributed by atoms with Crippen LogP contribution >= 0.6 is 0 Å². The van der Waals surface area contributed by atoms with Gasteiger partial charge in [-0.1, -0.05) is 134 Å². The van der Waals surface area contributed by atoms with Crippen molar-refractivity contribution >= 4 is 60.8 Å². The number of allylic oxidation sites excluding steroid dienone is 13. The summed E-state index contributed by atoms with van der Waals surface area (Å²) in [5.74, 6) is 0.655. The second-order valence-corrected chi connectivity index (χ2v) is 14.1. The first-order valence-corrected chi connectivity index (χ1v) is 18.2. The van der Waals surface area contributed by atoms with Gasteiger partial charge in [0.1, 0.15) is 0 Å². The van der Waals surface area contributed by atoms with Crippen LogP contribution in [0.3, 0.4) is 0 Å². The second-order valence-electron chi connectivity index (χ2n) is 14.1. The van der Waals surface area contributed by atoms with E-state index in [9.17, 15) is 0 Å². The highest BCUT2D eigenvalue weighted by molar-refractivity contribution is 6.26. The maximum absolute atomic E-state index is 2.45. The minimum absolute atomic E-state index is 0.300. The molecule has 0 spiro atoms. The average Bonchev–Trinajstić information content (AvgIpc) is 3.21. The Kier molecular flexibility index (Phi) is 6.41. The van der Waals surface area contributed by atoms with Crippen molar-refractivity contribution < 1.29 is 0 Å². The molecule has 0 radical (unpaired) electrons. The molecule has 2 nitrogen and oxygen atoms in total. The van der Waals surface area contributed by atoms with Crippen molar-refractivity contribution in [3.63, 3.8) is 0 Å². The van der Waals surface area contributed by atoms with Crippen LogP contribution in [0.25, 0.3) is 32.3 Å². The topological polar surface area (TPSA) is 6.48 Å². The number of rotatable bonds is 6. The summed E-state index contributed by atoms with van der Waals surface area (Å²) >= 11 is 0. The molecule has 0 saturated heterocycles. The first-order valence-electron chi connectivity index (χ1n) is 18.2. The van der Waals surface area contributed by atoms with Gasteiger partial charge in [0.15, 0.2) is 0 Å². The summed E-state index contributed by atoms with van der Waals surface area (Å²) in [4.78, 5) is 4.87. The standard InChI is InChI=1S/C50H34N2/c1-3-17-39(18-4-1)51(45-31-37-15-7-11-33-23-25-35-13-9-21-43(45)49(35)47(33)37)41-27-29-42(30-28-41)52(40-19-5-2-6-20-40)46-32-38-16-8-12-34-24-26-36-14-10-22-44(46)50(36)48(34)38/h1-32,47,49H. The van der Waals surface area contributed by atoms with E-state index in [2.05, 4.69) is 204 Å². The zero-order valence-corrected chi connectivity index (χ0v) is 28.5. The van der Waals surface area contributed by atoms with E-state index in [4.69, 9.17) is 0 Å². The Morgan fingerprint density at radius 1 is 0.404 bits per heavy atom. The molecule has 11 rings (SSSR count). The van der Waals surface area contributed by atoms with Gasteiger partial charge in [-0.05, 0) is 110 Å². The predicted molar refractivity (Wildman–Crippen MR) is 219 cm³/mol. The van der Waals surface area contributed by atoms with Crippen LogP contribution in [0, 0.1) is 11.8 Å². The highest BCUT2D eigenvalue weighted by Crippen LogP contribution is 2.53. The molecule has 4 aliphatic carbocycles. The molecule has 0 amide bonds.